The molecule has 0 saturated carbocycles. The Bertz CT molecular complexity index is 1850. The standard InChI is InChI=1S/C27H30N9O11P2S/c1-48(39)46-18-16-24(44-26(18,6-37)8-42-16)36-13-34-15-22(36)31-11-32-23(15)41-5-3-2-4-28-20-14-21(30-10-29-20)35(12-33-14)25-17-19(47-49(40)50)27(7-38,45-25)9-43-17/h2-3,10-13,16-19,24-25,37-38H,4-9H2,1H3,(H-,28,29,30,40,50)/q+1/p+1/b3-2+/t16-,17-,18+,19+,24-,25-,26+,27+/m1/s1. The van der Waals surface area contributed by atoms with Gasteiger partial charge in [-0.3, -0.25) is 9.13 Å². The van der Waals surface area contributed by atoms with Crippen molar-refractivity contribution in [2.75, 3.05) is 51.6 Å². The number of aliphatic hydroxyl groups excluding tert-OH is 2. The van der Waals surface area contributed by atoms with E-state index >= 15 is 0 Å². The van der Waals surface area contributed by atoms with Crippen LogP contribution in [0.4, 0.5) is 5.82 Å². The van der Waals surface area contributed by atoms with Gasteiger partial charge in [-0.2, -0.15) is 4.98 Å². The van der Waals surface area contributed by atoms with Gasteiger partial charge in [0, 0.05) is 6.54 Å². The summed E-state index contributed by atoms with van der Waals surface area (Å²) < 4.78 is 67.9. The van der Waals surface area contributed by atoms with Gasteiger partial charge in [-0.1, -0.05) is 6.08 Å². The number of hydrogen-bond donors (Lipinski definition) is 4. The molecule has 4 aliphatic rings. The van der Waals surface area contributed by atoms with Crippen LogP contribution in [-0.4, -0.2) is 131 Å². The molecule has 4 aliphatic heterocycles. The summed E-state index contributed by atoms with van der Waals surface area (Å²) in [5.41, 5.74) is -0.562. The number of nitrogens with zero attached hydrogens (tertiary/aromatic N) is 8. The molecule has 23 heteroatoms. The molecule has 2 unspecified atom stereocenters. The van der Waals surface area contributed by atoms with Gasteiger partial charge in [0.25, 0.3) is 0 Å². The first kappa shape index (κ1) is 33.8. The molecule has 4 bridgehead atoms. The molecule has 20 nitrogen and oxygen atoms in total. The zero-order valence-corrected chi connectivity index (χ0v) is 28.8. The van der Waals surface area contributed by atoms with E-state index in [0.29, 0.717) is 34.7 Å². The van der Waals surface area contributed by atoms with Crippen LogP contribution in [0.25, 0.3) is 22.3 Å². The second-order valence-corrected chi connectivity index (χ2v) is 14.7. The van der Waals surface area contributed by atoms with Crippen LogP contribution >= 0.6 is 27.5 Å². The summed E-state index contributed by atoms with van der Waals surface area (Å²) in [6.07, 6.45) is 5.17. The molecule has 4 fully saturated rings. The number of rotatable bonds is 14. The predicted octanol–water partition coefficient (Wildman–Crippen LogP) is 1.06. The summed E-state index contributed by atoms with van der Waals surface area (Å²) in [6, 6.07) is 0. The van der Waals surface area contributed by atoms with E-state index in [1.165, 1.54) is 32.0 Å². The maximum absolute atomic E-state index is 11.9. The Hall–Kier alpha value is -3.33. The van der Waals surface area contributed by atoms with Crippen LogP contribution in [0.1, 0.15) is 12.5 Å². The van der Waals surface area contributed by atoms with Crippen LogP contribution in [0.2, 0.25) is 0 Å². The predicted molar refractivity (Wildman–Crippen MR) is 173 cm³/mol. The first-order valence-corrected chi connectivity index (χ1v) is 19.3. The topological polar surface area (TPSA) is 238 Å². The SMILES string of the molecule is C[P+](=O)O[C@H]1[C@H]2OC[C@]1(CO)O[C@H]2n1cnc2c(OC/C=C/CNc3ncnc4c3ncn4[C@@H]3O[C@@]4(CO)CO[C@@H]3[C@@H]4O[P+](=O)S)ncnc21. The highest BCUT2D eigenvalue weighted by atomic mass is 32.7. The second kappa shape index (κ2) is 13.3. The van der Waals surface area contributed by atoms with Crippen molar-refractivity contribution in [3.63, 3.8) is 0 Å². The molecule has 50 heavy (non-hydrogen) atoms. The lowest BCUT2D eigenvalue weighted by Gasteiger charge is -2.29. The van der Waals surface area contributed by atoms with Gasteiger partial charge in [0.15, 0.2) is 70.7 Å². The van der Waals surface area contributed by atoms with Gasteiger partial charge in [0.1, 0.15) is 43.7 Å². The smallest absolute Gasteiger partial charge is 0.472 e. The zero-order valence-electron chi connectivity index (χ0n) is 26.2. The molecule has 4 saturated heterocycles. The van der Waals surface area contributed by atoms with Crippen LogP contribution in [0.15, 0.2) is 37.5 Å². The summed E-state index contributed by atoms with van der Waals surface area (Å²) in [5, 5.41) is 23.3. The molecule has 0 aliphatic carbocycles. The number of aliphatic hydroxyl groups is 2. The van der Waals surface area contributed by atoms with Crippen molar-refractivity contribution in [3.8, 4) is 5.88 Å². The molecule has 4 aromatic rings. The number of ether oxygens (including phenoxy) is 5. The van der Waals surface area contributed by atoms with Crippen molar-refractivity contribution in [3.05, 3.63) is 37.5 Å². The van der Waals surface area contributed by atoms with Crippen LogP contribution in [0, 0.1) is 0 Å². The molecule has 264 valence electrons. The number of aromatic nitrogens is 8. The van der Waals surface area contributed by atoms with Gasteiger partial charge in [-0.05, 0) is 15.2 Å². The van der Waals surface area contributed by atoms with Crippen LogP contribution in [0.5, 0.6) is 5.88 Å². The molecule has 0 aromatic carbocycles. The van der Waals surface area contributed by atoms with E-state index in [0.717, 1.165) is 0 Å². The van der Waals surface area contributed by atoms with Crippen molar-refractivity contribution in [2.24, 2.45) is 0 Å². The number of hydrogen-bond acceptors (Lipinski definition) is 18. The van der Waals surface area contributed by atoms with E-state index in [-0.39, 0.29) is 32.3 Å². The third kappa shape index (κ3) is 5.57. The average Bonchev–Trinajstić information content (AvgIpc) is 3.96. The van der Waals surface area contributed by atoms with Gasteiger partial charge in [-0.15, -0.1) is 9.05 Å². The summed E-state index contributed by atoms with van der Waals surface area (Å²) in [4.78, 5) is 26.2. The normalized spacial score (nSPS) is 32.2. The Morgan fingerprint density at radius 2 is 1.50 bits per heavy atom. The summed E-state index contributed by atoms with van der Waals surface area (Å²) in [6.45, 7) is 1.41. The van der Waals surface area contributed by atoms with Crippen LogP contribution in [0.3, 0.4) is 0 Å². The Morgan fingerprint density at radius 3 is 2.12 bits per heavy atom. The number of nitrogens with one attached hydrogen (secondary N) is 1. The lowest BCUT2D eigenvalue weighted by Crippen LogP contribution is -2.44. The van der Waals surface area contributed by atoms with Gasteiger partial charge < -0.3 is 39.2 Å². The Kier molecular flexibility index (Phi) is 9.01. The number of imidazole rings is 2. The van der Waals surface area contributed by atoms with Crippen molar-refractivity contribution in [2.45, 2.75) is 48.1 Å². The molecule has 0 radical (unpaired) electrons. The minimum absolute atomic E-state index is 0.0832. The summed E-state index contributed by atoms with van der Waals surface area (Å²) >= 11 is 3.86. The fourth-order valence-corrected chi connectivity index (χ4v) is 8.21. The van der Waals surface area contributed by atoms with Crippen LogP contribution in [-0.2, 0) is 37.1 Å². The number of anilines is 1. The number of thiol groups is 1. The van der Waals surface area contributed by atoms with Gasteiger partial charge in [0.2, 0.25) is 5.88 Å². The fourth-order valence-electron chi connectivity index (χ4n) is 6.76. The van der Waals surface area contributed by atoms with E-state index in [2.05, 4.69) is 47.5 Å². The summed E-state index contributed by atoms with van der Waals surface area (Å²) in [5.74, 6) is 0.728. The van der Waals surface area contributed by atoms with E-state index in [1.807, 2.05) is 6.08 Å². The minimum Gasteiger partial charge on any atom is -0.472 e. The third-order valence-electron chi connectivity index (χ3n) is 9.05. The lowest BCUT2D eigenvalue weighted by atomic mass is 10.0. The Labute approximate surface area is 289 Å². The first-order valence-electron chi connectivity index (χ1n) is 15.4. The lowest BCUT2D eigenvalue weighted by molar-refractivity contribution is -0.184. The highest BCUT2D eigenvalue weighted by Crippen LogP contribution is 2.51. The first-order chi connectivity index (χ1) is 24.3. The molecule has 8 rings (SSSR count). The average molecular weight is 752 g/mol. The van der Waals surface area contributed by atoms with Crippen LogP contribution < -0.4 is 10.1 Å². The molecular formula is C27H31N9O11P2S+2. The monoisotopic (exact) mass is 751 g/mol. The quantitative estimate of drug-likeness (QED) is 0.0800. The molecule has 0 amide bonds. The molecule has 8 heterocycles. The largest absolute Gasteiger partial charge is 0.582 e. The Morgan fingerprint density at radius 1 is 0.900 bits per heavy atom. The fraction of sp³-hybridized carbons (Fsp3) is 0.556. The maximum atomic E-state index is 11.9. The highest BCUT2D eigenvalue weighted by Gasteiger charge is 2.67. The van der Waals surface area contributed by atoms with E-state index in [1.54, 1.807) is 15.2 Å². The number of fused-ring (bicyclic) bond motifs is 6. The van der Waals surface area contributed by atoms with Gasteiger partial charge >= 0.3 is 15.3 Å². The molecule has 4 aromatic heterocycles. The second-order valence-electron chi connectivity index (χ2n) is 12.0. The third-order valence-corrected chi connectivity index (χ3v) is 10.3. The molecular weight excluding hydrogens is 720 g/mol. The van der Waals surface area contributed by atoms with Gasteiger partial charge in [-0.25, -0.2) is 24.9 Å². The molecule has 0 spiro atoms. The van der Waals surface area contributed by atoms with E-state index in [4.69, 9.17) is 32.7 Å². The van der Waals surface area contributed by atoms with E-state index < -0.39 is 69.9 Å². The van der Waals surface area contributed by atoms with Crippen molar-refractivity contribution in [1.29, 1.82) is 0 Å². The van der Waals surface area contributed by atoms with E-state index in [9.17, 15) is 19.3 Å². The van der Waals surface area contributed by atoms with Crippen molar-refractivity contribution in [1.82, 2.24) is 39.0 Å². The van der Waals surface area contributed by atoms with Gasteiger partial charge in [0.05, 0.1) is 39.1 Å². The molecule has 10 atom stereocenters. The maximum Gasteiger partial charge on any atom is 0.582 e. The minimum atomic E-state index is -2.26. The van der Waals surface area contributed by atoms with Crippen molar-refractivity contribution < 1.29 is 52.1 Å². The Balaban J connectivity index is 0.905. The molecule has 3 N–H and O–H groups in total. The zero-order chi connectivity index (χ0) is 34.6. The summed E-state index contributed by atoms with van der Waals surface area (Å²) in [7, 11) is -4.22. The highest BCUT2D eigenvalue weighted by molar-refractivity contribution is 8.39. The van der Waals surface area contributed by atoms with Crippen molar-refractivity contribution >= 4 is 55.7 Å².